The van der Waals surface area contributed by atoms with Gasteiger partial charge in [0.1, 0.15) is 11.5 Å². The van der Waals surface area contributed by atoms with Crippen molar-refractivity contribution < 1.29 is 18.1 Å². The third-order valence-corrected chi connectivity index (χ3v) is 7.88. The number of nitro benzene ring substituents is 1. The number of hydrogen-bond donors (Lipinski definition) is 1. The Kier molecular flexibility index (Phi) is 8.79. The highest BCUT2D eigenvalue weighted by atomic mass is 32.2. The second-order valence-electron chi connectivity index (χ2n) is 9.51. The van der Waals surface area contributed by atoms with Crippen LogP contribution in [0.15, 0.2) is 77.6 Å². The zero-order valence-corrected chi connectivity index (χ0v) is 23.7. The average molecular weight is 579 g/mol. The SMILES string of the molecule is CCCCc1nn(-c2ccccc2[N+](=O)[O-])c(=O)n1Cc1ccc(-c2ccccc2C(=O)NS(=O)(=O)N(C)C)cc1. The summed E-state index contributed by atoms with van der Waals surface area (Å²) in [5.41, 5.74) is 1.57. The molecule has 0 unspecified atom stereocenters. The Morgan fingerprint density at radius 2 is 1.68 bits per heavy atom. The Labute approximate surface area is 237 Å². The fourth-order valence-corrected chi connectivity index (χ4v) is 4.77. The van der Waals surface area contributed by atoms with E-state index >= 15 is 0 Å². The highest BCUT2D eigenvalue weighted by Crippen LogP contribution is 2.25. The molecule has 0 aliphatic heterocycles. The Morgan fingerprint density at radius 3 is 2.34 bits per heavy atom. The Hall–Kier alpha value is -4.62. The molecule has 0 saturated heterocycles. The Morgan fingerprint density at radius 1 is 1.02 bits per heavy atom. The number of para-hydroxylation sites is 2. The lowest BCUT2D eigenvalue weighted by molar-refractivity contribution is -0.384. The van der Waals surface area contributed by atoms with E-state index in [9.17, 15) is 28.1 Å². The lowest BCUT2D eigenvalue weighted by atomic mass is 9.98. The molecule has 0 atom stereocenters. The minimum absolute atomic E-state index is 0.0977. The summed E-state index contributed by atoms with van der Waals surface area (Å²) in [6, 6.07) is 19.8. The summed E-state index contributed by atoms with van der Waals surface area (Å²) in [7, 11) is -1.32. The van der Waals surface area contributed by atoms with Crippen LogP contribution in [0.25, 0.3) is 16.8 Å². The summed E-state index contributed by atoms with van der Waals surface area (Å²) in [4.78, 5) is 37.3. The molecule has 41 heavy (non-hydrogen) atoms. The molecule has 12 nitrogen and oxygen atoms in total. The molecular weight excluding hydrogens is 548 g/mol. The van der Waals surface area contributed by atoms with E-state index < -0.39 is 26.7 Å². The molecule has 1 amide bonds. The van der Waals surface area contributed by atoms with Crippen molar-refractivity contribution in [3.05, 3.63) is 110 Å². The minimum atomic E-state index is -3.97. The molecule has 0 aliphatic carbocycles. The van der Waals surface area contributed by atoms with Gasteiger partial charge in [0.05, 0.1) is 11.5 Å². The first-order chi connectivity index (χ1) is 19.5. The molecule has 4 rings (SSSR count). The molecule has 0 fully saturated rings. The van der Waals surface area contributed by atoms with Crippen molar-refractivity contribution in [2.45, 2.75) is 32.7 Å². The van der Waals surface area contributed by atoms with E-state index in [4.69, 9.17) is 0 Å². The zero-order chi connectivity index (χ0) is 29.7. The fourth-order valence-electron chi connectivity index (χ4n) is 4.24. The number of aromatic nitrogens is 3. The van der Waals surface area contributed by atoms with Gasteiger partial charge in [-0.2, -0.15) is 17.4 Å². The van der Waals surface area contributed by atoms with E-state index in [1.54, 1.807) is 54.6 Å². The van der Waals surface area contributed by atoms with Crippen LogP contribution < -0.4 is 10.4 Å². The Bertz CT molecular complexity index is 1740. The van der Waals surface area contributed by atoms with Crippen LogP contribution in [0.2, 0.25) is 0 Å². The van der Waals surface area contributed by atoms with E-state index in [0.29, 0.717) is 23.4 Å². The standard InChI is InChI=1S/C28H30N6O6S/c1-4-5-14-26-29-33(24-12-8-9-13-25(24)34(37)38)28(36)32(26)19-20-15-17-21(18-16-20)22-10-6-7-11-23(22)27(35)30-41(39,40)31(2)3/h6-13,15-18H,4-5,14,19H2,1-3H3,(H,30,35). The van der Waals surface area contributed by atoms with E-state index in [0.717, 1.165) is 27.4 Å². The zero-order valence-electron chi connectivity index (χ0n) is 22.9. The topological polar surface area (TPSA) is 149 Å². The van der Waals surface area contributed by atoms with Crippen molar-refractivity contribution >= 4 is 21.8 Å². The van der Waals surface area contributed by atoms with Gasteiger partial charge in [0, 0.05) is 32.1 Å². The molecule has 0 saturated carbocycles. The van der Waals surface area contributed by atoms with E-state index in [1.807, 2.05) is 6.92 Å². The number of nitro groups is 1. The summed E-state index contributed by atoms with van der Waals surface area (Å²) in [5.74, 6) is -0.240. The van der Waals surface area contributed by atoms with Crippen LogP contribution in [-0.4, -0.2) is 52.0 Å². The average Bonchev–Trinajstić information content (AvgIpc) is 3.26. The molecule has 13 heteroatoms. The highest BCUT2D eigenvalue weighted by Gasteiger charge is 2.22. The predicted octanol–water partition coefficient (Wildman–Crippen LogP) is 3.54. The molecule has 4 aromatic rings. The van der Waals surface area contributed by atoms with Crippen molar-refractivity contribution in [3.63, 3.8) is 0 Å². The molecular formula is C28H30N6O6S. The molecule has 3 aromatic carbocycles. The molecule has 0 spiro atoms. The number of unbranched alkanes of at least 4 members (excludes halogenated alkanes) is 1. The van der Waals surface area contributed by atoms with Crippen molar-refractivity contribution in [1.82, 2.24) is 23.4 Å². The number of nitrogens with zero attached hydrogens (tertiary/aromatic N) is 5. The van der Waals surface area contributed by atoms with Gasteiger partial charge in [-0.1, -0.05) is 67.9 Å². The van der Waals surface area contributed by atoms with E-state index in [1.165, 1.54) is 36.9 Å². The van der Waals surface area contributed by atoms with Crippen LogP contribution >= 0.6 is 0 Å². The third kappa shape index (κ3) is 6.42. The summed E-state index contributed by atoms with van der Waals surface area (Å²) >= 11 is 0. The maximum absolute atomic E-state index is 13.4. The molecule has 1 aromatic heterocycles. The van der Waals surface area contributed by atoms with Gasteiger partial charge >= 0.3 is 15.9 Å². The van der Waals surface area contributed by atoms with Crippen molar-refractivity contribution in [3.8, 4) is 16.8 Å². The number of rotatable bonds is 11. The van der Waals surface area contributed by atoms with Crippen LogP contribution in [0.3, 0.4) is 0 Å². The summed E-state index contributed by atoms with van der Waals surface area (Å²) < 4.78 is 29.9. The third-order valence-electron chi connectivity index (χ3n) is 6.48. The second kappa shape index (κ2) is 12.3. The first-order valence-electron chi connectivity index (χ1n) is 12.9. The van der Waals surface area contributed by atoms with Gasteiger partial charge in [0.2, 0.25) is 0 Å². The van der Waals surface area contributed by atoms with E-state index in [-0.39, 0.29) is 23.5 Å². The van der Waals surface area contributed by atoms with Gasteiger partial charge in [-0.15, -0.1) is 5.10 Å². The highest BCUT2D eigenvalue weighted by molar-refractivity contribution is 7.87. The smallest absolute Gasteiger partial charge is 0.274 e. The normalized spacial score (nSPS) is 11.5. The summed E-state index contributed by atoms with van der Waals surface area (Å²) in [5, 5.41) is 16.0. The van der Waals surface area contributed by atoms with Crippen LogP contribution in [-0.2, 0) is 23.2 Å². The quantitative estimate of drug-likeness (QED) is 0.211. The van der Waals surface area contributed by atoms with Crippen LogP contribution in [0.4, 0.5) is 5.69 Å². The number of nitrogens with one attached hydrogen (secondary N) is 1. The fraction of sp³-hybridized carbons (Fsp3) is 0.250. The first kappa shape index (κ1) is 29.4. The summed E-state index contributed by atoms with van der Waals surface area (Å²) in [6.45, 7) is 2.20. The van der Waals surface area contributed by atoms with Gasteiger partial charge in [-0.05, 0) is 35.2 Å². The van der Waals surface area contributed by atoms with Crippen LogP contribution in [0.5, 0.6) is 0 Å². The lowest BCUT2D eigenvalue weighted by Crippen LogP contribution is -2.39. The molecule has 0 aliphatic rings. The molecule has 1 heterocycles. The van der Waals surface area contributed by atoms with Crippen molar-refractivity contribution in [2.24, 2.45) is 0 Å². The van der Waals surface area contributed by atoms with Crippen LogP contribution in [0, 0.1) is 10.1 Å². The van der Waals surface area contributed by atoms with Crippen molar-refractivity contribution in [2.75, 3.05) is 14.1 Å². The first-order valence-corrected chi connectivity index (χ1v) is 14.3. The molecule has 0 bridgehead atoms. The van der Waals surface area contributed by atoms with E-state index in [2.05, 4.69) is 9.82 Å². The Balaban J connectivity index is 1.67. The van der Waals surface area contributed by atoms with Crippen LogP contribution in [0.1, 0.15) is 41.5 Å². The van der Waals surface area contributed by atoms with Gasteiger partial charge < -0.3 is 0 Å². The van der Waals surface area contributed by atoms with Gasteiger partial charge in [-0.3, -0.25) is 19.5 Å². The monoisotopic (exact) mass is 578 g/mol. The number of carbonyl (C=O) groups excluding carboxylic acids is 1. The minimum Gasteiger partial charge on any atom is -0.274 e. The van der Waals surface area contributed by atoms with Crippen molar-refractivity contribution in [1.29, 1.82) is 0 Å². The predicted molar refractivity (Wildman–Crippen MR) is 154 cm³/mol. The number of aryl methyl sites for hydroxylation is 1. The number of hydrogen-bond acceptors (Lipinski definition) is 7. The van der Waals surface area contributed by atoms with Gasteiger partial charge in [0.25, 0.3) is 11.6 Å². The van der Waals surface area contributed by atoms with Gasteiger partial charge in [0.15, 0.2) is 0 Å². The maximum atomic E-state index is 13.4. The molecule has 214 valence electrons. The van der Waals surface area contributed by atoms with Gasteiger partial charge in [-0.25, -0.2) is 9.52 Å². The maximum Gasteiger partial charge on any atom is 0.351 e. The number of benzene rings is 3. The number of carbonyl (C=O) groups is 1. The largest absolute Gasteiger partial charge is 0.351 e. The number of amides is 1. The molecule has 0 radical (unpaired) electrons. The molecule has 1 N–H and O–H groups in total. The second-order valence-corrected chi connectivity index (χ2v) is 11.4. The lowest BCUT2D eigenvalue weighted by Gasteiger charge is -2.14. The summed E-state index contributed by atoms with van der Waals surface area (Å²) in [6.07, 6.45) is 2.19.